The van der Waals surface area contributed by atoms with E-state index in [0.717, 1.165) is 11.6 Å². The van der Waals surface area contributed by atoms with Crippen molar-refractivity contribution in [3.8, 4) is 0 Å². The van der Waals surface area contributed by atoms with Gasteiger partial charge in [0.2, 0.25) is 5.95 Å². The molecule has 1 aromatic heterocycles. The Bertz CT molecular complexity index is 981. The third-order valence-corrected chi connectivity index (χ3v) is 5.01. The van der Waals surface area contributed by atoms with Crippen LogP contribution in [0.15, 0.2) is 66.9 Å². The number of nitrogens with zero attached hydrogens (tertiary/aromatic N) is 3. The molecular weight excluding hydrogens is 393 g/mol. The Hall–Kier alpha value is -3.13. The molecule has 0 amide bonds. The first-order valence-electron chi connectivity index (χ1n) is 9.64. The number of morpholine rings is 1. The summed E-state index contributed by atoms with van der Waals surface area (Å²) < 4.78 is 45.3. The van der Waals surface area contributed by atoms with Crippen LogP contribution in [-0.2, 0) is 17.5 Å². The molecule has 156 valence electrons. The van der Waals surface area contributed by atoms with Crippen molar-refractivity contribution in [2.24, 2.45) is 0 Å². The third-order valence-electron chi connectivity index (χ3n) is 5.01. The Labute approximate surface area is 172 Å². The Balaban J connectivity index is 1.53. The highest BCUT2D eigenvalue weighted by Crippen LogP contribution is 2.32. The highest BCUT2D eigenvalue weighted by molar-refractivity contribution is 5.46. The number of rotatable bonds is 5. The first kappa shape index (κ1) is 20.2. The molecule has 3 aromatic rings. The Morgan fingerprint density at radius 3 is 2.60 bits per heavy atom. The number of ether oxygens (including phenoxy) is 1. The van der Waals surface area contributed by atoms with E-state index < -0.39 is 11.7 Å². The van der Waals surface area contributed by atoms with Crippen LogP contribution in [0, 0.1) is 0 Å². The monoisotopic (exact) mass is 414 g/mol. The fourth-order valence-corrected chi connectivity index (χ4v) is 3.55. The number of benzene rings is 2. The minimum absolute atomic E-state index is 0.00801. The molecule has 4 rings (SSSR count). The molecular formula is C22H21F3N4O. The quantitative estimate of drug-likeness (QED) is 0.657. The zero-order chi connectivity index (χ0) is 21.0. The number of hydrogen-bond acceptors (Lipinski definition) is 5. The first-order valence-corrected chi connectivity index (χ1v) is 9.64. The average Bonchev–Trinajstić information content (AvgIpc) is 2.78. The number of alkyl halides is 3. The van der Waals surface area contributed by atoms with E-state index in [0.29, 0.717) is 25.6 Å². The minimum atomic E-state index is -4.41. The number of hydrogen-bond donors (Lipinski definition) is 1. The lowest BCUT2D eigenvalue weighted by atomic mass is 10.1. The van der Waals surface area contributed by atoms with E-state index in [2.05, 4.69) is 20.2 Å². The SMILES string of the molecule is FC(F)(F)c1ccccc1CNc1nccc(N2CCOC[C@@H]2c2ccccc2)n1. The second kappa shape index (κ2) is 8.71. The molecule has 0 radical (unpaired) electrons. The maximum Gasteiger partial charge on any atom is 0.416 e. The number of halogens is 3. The molecule has 1 aliphatic rings. The summed E-state index contributed by atoms with van der Waals surface area (Å²) in [5, 5.41) is 2.93. The normalized spacial score (nSPS) is 17.0. The van der Waals surface area contributed by atoms with Crippen LogP contribution in [0.5, 0.6) is 0 Å². The highest BCUT2D eigenvalue weighted by Gasteiger charge is 2.32. The van der Waals surface area contributed by atoms with Crippen molar-refractivity contribution >= 4 is 11.8 Å². The Morgan fingerprint density at radius 1 is 1.03 bits per heavy atom. The van der Waals surface area contributed by atoms with Crippen molar-refractivity contribution in [3.05, 3.63) is 83.6 Å². The summed E-state index contributed by atoms with van der Waals surface area (Å²) in [6, 6.07) is 17.3. The summed E-state index contributed by atoms with van der Waals surface area (Å²) in [4.78, 5) is 10.9. The fourth-order valence-electron chi connectivity index (χ4n) is 3.55. The lowest BCUT2D eigenvalue weighted by Gasteiger charge is -2.36. The molecule has 0 aliphatic carbocycles. The van der Waals surface area contributed by atoms with Gasteiger partial charge in [-0.25, -0.2) is 4.98 Å². The van der Waals surface area contributed by atoms with Crippen LogP contribution in [0.3, 0.4) is 0 Å². The molecule has 1 atom stereocenters. The highest BCUT2D eigenvalue weighted by atomic mass is 19.4. The van der Waals surface area contributed by atoms with E-state index in [1.54, 1.807) is 18.3 Å². The maximum absolute atomic E-state index is 13.2. The van der Waals surface area contributed by atoms with Crippen LogP contribution in [0.2, 0.25) is 0 Å². The molecule has 1 N–H and O–H groups in total. The molecule has 5 nitrogen and oxygen atoms in total. The van der Waals surface area contributed by atoms with Gasteiger partial charge in [-0.15, -0.1) is 0 Å². The zero-order valence-electron chi connectivity index (χ0n) is 16.1. The molecule has 0 unspecified atom stereocenters. The molecule has 1 saturated heterocycles. The summed E-state index contributed by atoms with van der Waals surface area (Å²) in [6.07, 6.45) is -2.80. The van der Waals surface area contributed by atoms with E-state index in [1.165, 1.54) is 12.1 Å². The largest absolute Gasteiger partial charge is 0.416 e. The van der Waals surface area contributed by atoms with Gasteiger partial charge in [-0.2, -0.15) is 18.2 Å². The molecule has 0 spiro atoms. The second-order valence-corrected chi connectivity index (χ2v) is 6.94. The molecule has 1 aliphatic heterocycles. The van der Waals surface area contributed by atoms with Gasteiger partial charge in [0.05, 0.1) is 24.8 Å². The second-order valence-electron chi connectivity index (χ2n) is 6.94. The molecule has 30 heavy (non-hydrogen) atoms. The molecule has 2 heterocycles. The summed E-state index contributed by atoms with van der Waals surface area (Å²) in [7, 11) is 0. The van der Waals surface area contributed by atoms with Gasteiger partial charge in [0.15, 0.2) is 0 Å². The van der Waals surface area contributed by atoms with Crippen LogP contribution in [0.1, 0.15) is 22.7 Å². The van der Waals surface area contributed by atoms with Gasteiger partial charge in [-0.05, 0) is 23.3 Å². The number of anilines is 2. The van der Waals surface area contributed by atoms with Crippen LogP contribution >= 0.6 is 0 Å². The topological polar surface area (TPSA) is 50.3 Å². The standard InChI is InChI=1S/C22H21F3N4O/c23-22(24,25)18-9-5-4-8-17(18)14-27-21-26-11-10-20(28-21)29-12-13-30-15-19(29)16-6-2-1-3-7-16/h1-11,19H,12-15H2,(H,26,27,28)/t19-/m1/s1. The fraction of sp³-hybridized carbons (Fsp3) is 0.273. The van der Waals surface area contributed by atoms with Crippen LogP contribution in [0.4, 0.5) is 24.9 Å². The van der Waals surface area contributed by atoms with Gasteiger partial charge in [0, 0.05) is 19.3 Å². The first-order chi connectivity index (χ1) is 14.5. The smallest absolute Gasteiger partial charge is 0.377 e. The third kappa shape index (κ3) is 4.54. The minimum Gasteiger partial charge on any atom is -0.377 e. The molecule has 1 fully saturated rings. The Kier molecular flexibility index (Phi) is 5.85. The van der Waals surface area contributed by atoms with E-state index in [4.69, 9.17) is 4.74 Å². The lowest BCUT2D eigenvalue weighted by Crippen LogP contribution is -2.40. The molecule has 0 bridgehead atoms. The zero-order valence-corrected chi connectivity index (χ0v) is 16.1. The van der Waals surface area contributed by atoms with E-state index in [1.807, 2.05) is 30.3 Å². The van der Waals surface area contributed by atoms with Crippen LogP contribution in [0.25, 0.3) is 0 Å². The Morgan fingerprint density at radius 2 is 1.80 bits per heavy atom. The summed E-state index contributed by atoms with van der Waals surface area (Å²) in [5.41, 5.74) is 0.600. The van der Waals surface area contributed by atoms with Gasteiger partial charge in [-0.1, -0.05) is 48.5 Å². The molecule has 2 aromatic carbocycles. The lowest BCUT2D eigenvalue weighted by molar-refractivity contribution is -0.138. The van der Waals surface area contributed by atoms with Crippen LogP contribution in [-0.4, -0.2) is 29.7 Å². The predicted molar refractivity (Wildman–Crippen MR) is 108 cm³/mol. The average molecular weight is 414 g/mol. The van der Waals surface area contributed by atoms with Gasteiger partial charge in [0.1, 0.15) is 5.82 Å². The van der Waals surface area contributed by atoms with Gasteiger partial charge >= 0.3 is 6.18 Å². The summed E-state index contributed by atoms with van der Waals surface area (Å²) in [6.45, 7) is 1.75. The van der Waals surface area contributed by atoms with Crippen molar-refractivity contribution in [2.75, 3.05) is 30.0 Å². The van der Waals surface area contributed by atoms with Crippen molar-refractivity contribution in [1.29, 1.82) is 0 Å². The van der Waals surface area contributed by atoms with E-state index in [9.17, 15) is 13.2 Å². The maximum atomic E-state index is 13.2. The predicted octanol–water partition coefficient (Wildman–Crippen LogP) is 4.69. The summed E-state index contributed by atoms with van der Waals surface area (Å²) >= 11 is 0. The van der Waals surface area contributed by atoms with Gasteiger partial charge < -0.3 is 15.0 Å². The van der Waals surface area contributed by atoms with Crippen molar-refractivity contribution in [2.45, 2.75) is 18.8 Å². The number of nitrogens with one attached hydrogen (secondary N) is 1. The van der Waals surface area contributed by atoms with Gasteiger partial charge in [-0.3, -0.25) is 0 Å². The van der Waals surface area contributed by atoms with E-state index >= 15 is 0 Å². The van der Waals surface area contributed by atoms with Crippen molar-refractivity contribution in [3.63, 3.8) is 0 Å². The van der Waals surface area contributed by atoms with Crippen LogP contribution < -0.4 is 10.2 Å². The van der Waals surface area contributed by atoms with Crippen molar-refractivity contribution < 1.29 is 17.9 Å². The van der Waals surface area contributed by atoms with Gasteiger partial charge in [0.25, 0.3) is 0 Å². The summed E-state index contributed by atoms with van der Waals surface area (Å²) in [5.74, 6) is 0.983. The number of aromatic nitrogens is 2. The van der Waals surface area contributed by atoms with E-state index in [-0.39, 0.29) is 24.1 Å². The molecule has 8 heteroatoms. The van der Waals surface area contributed by atoms with Crippen molar-refractivity contribution in [1.82, 2.24) is 9.97 Å². The molecule has 0 saturated carbocycles.